The number of piperazine rings is 1. The maximum Gasteiger partial charge on any atom is 0.227 e. The van der Waals surface area contributed by atoms with Gasteiger partial charge in [0.25, 0.3) is 0 Å². The minimum atomic E-state index is 0.0155. The first-order valence-electron chi connectivity index (χ1n) is 9.96. The van der Waals surface area contributed by atoms with Crippen LogP contribution in [0, 0.1) is 6.92 Å². The molecule has 0 radical (unpaired) electrons. The molecule has 1 amide bonds. The van der Waals surface area contributed by atoms with E-state index in [9.17, 15) is 9.59 Å². The number of amides is 1. The van der Waals surface area contributed by atoms with Crippen LogP contribution in [0.25, 0.3) is 5.57 Å². The number of allylic oxidation sites excluding steroid dienone is 1. The zero-order valence-electron chi connectivity index (χ0n) is 16.6. The number of nitrogens with two attached hydrogens (primary N) is 1. The lowest BCUT2D eigenvalue weighted by Gasteiger charge is -2.35. The van der Waals surface area contributed by atoms with Gasteiger partial charge >= 0.3 is 0 Å². The third-order valence-corrected chi connectivity index (χ3v) is 5.57. The molecule has 1 aliphatic heterocycles. The van der Waals surface area contributed by atoms with Crippen molar-refractivity contribution in [3.8, 4) is 0 Å². The van der Waals surface area contributed by atoms with E-state index in [2.05, 4.69) is 14.9 Å². The minimum absolute atomic E-state index is 0.0155. The standard InChI is InChI=1S/C22H25N5O2/c1-15-13-20(25-22(23)24-15)26-9-11-27(12-10-26)21(29)14-18-17(7-8-19(18)28)16-5-3-2-4-6-16/h2-6,13H,7-12,14H2,1H3,(H2,23,24,25). The molecule has 1 saturated heterocycles. The molecule has 2 aromatic rings. The number of benzene rings is 1. The van der Waals surface area contributed by atoms with E-state index in [1.54, 1.807) is 0 Å². The van der Waals surface area contributed by atoms with Crippen molar-refractivity contribution in [1.29, 1.82) is 0 Å². The Labute approximate surface area is 170 Å². The quantitative estimate of drug-likeness (QED) is 0.859. The molecule has 1 aliphatic carbocycles. The summed E-state index contributed by atoms with van der Waals surface area (Å²) in [5, 5.41) is 0. The molecule has 7 heteroatoms. The van der Waals surface area contributed by atoms with Crippen LogP contribution in [0.4, 0.5) is 11.8 Å². The number of rotatable bonds is 4. The predicted octanol–water partition coefficient (Wildman–Crippen LogP) is 2.22. The second-order valence-electron chi connectivity index (χ2n) is 7.52. The summed E-state index contributed by atoms with van der Waals surface area (Å²) in [5.41, 5.74) is 9.33. The number of anilines is 2. The molecule has 4 rings (SSSR count). The Bertz CT molecular complexity index is 942. The van der Waals surface area contributed by atoms with Crippen molar-refractivity contribution in [1.82, 2.24) is 14.9 Å². The Morgan fingerprint density at radius 3 is 2.48 bits per heavy atom. The predicted molar refractivity (Wildman–Crippen MR) is 112 cm³/mol. The smallest absolute Gasteiger partial charge is 0.227 e. The lowest BCUT2D eigenvalue weighted by molar-refractivity contribution is -0.131. The van der Waals surface area contributed by atoms with Gasteiger partial charge < -0.3 is 15.5 Å². The highest BCUT2D eigenvalue weighted by molar-refractivity contribution is 6.10. The van der Waals surface area contributed by atoms with Gasteiger partial charge in [-0.15, -0.1) is 0 Å². The van der Waals surface area contributed by atoms with Gasteiger partial charge in [0.05, 0.1) is 6.42 Å². The number of ketones is 1. The number of carbonyl (C=O) groups excluding carboxylic acids is 2. The highest BCUT2D eigenvalue weighted by Crippen LogP contribution is 2.33. The average molecular weight is 391 g/mol. The van der Waals surface area contributed by atoms with Crippen molar-refractivity contribution in [2.24, 2.45) is 0 Å². The van der Waals surface area contributed by atoms with Crippen molar-refractivity contribution < 1.29 is 9.59 Å². The highest BCUT2D eigenvalue weighted by atomic mass is 16.2. The first-order valence-corrected chi connectivity index (χ1v) is 9.96. The number of hydrogen-bond donors (Lipinski definition) is 1. The molecule has 150 valence electrons. The SMILES string of the molecule is Cc1cc(N2CCN(C(=O)CC3=C(c4ccccc4)CCC3=O)CC2)nc(N)n1. The average Bonchev–Trinajstić information content (AvgIpc) is 3.08. The number of hydrogen-bond acceptors (Lipinski definition) is 6. The third kappa shape index (κ3) is 4.13. The molecule has 29 heavy (non-hydrogen) atoms. The van der Waals surface area contributed by atoms with Crippen molar-refractivity contribution in [2.45, 2.75) is 26.2 Å². The van der Waals surface area contributed by atoms with E-state index in [0.29, 0.717) is 44.6 Å². The molecule has 2 aliphatic rings. The van der Waals surface area contributed by atoms with E-state index >= 15 is 0 Å². The third-order valence-electron chi connectivity index (χ3n) is 5.57. The molecule has 1 fully saturated rings. The van der Waals surface area contributed by atoms with Crippen molar-refractivity contribution in [3.63, 3.8) is 0 Å². The largest absolute Gasteiger partial charge is 0.368 e. The number of Topliss-reactive ketones (excluding diaryl/α,β-unsaturated/α-hetero) is 1. The fourth-order valence-electron chi connectivity index (χ4n) is 4.06. The fraction of sp³-hybridized carbons (Fsp3) is 0.364. The number of aromatic nitrogens is 2. The van der Waals surface area contributed by atoms with Crippen LogP contribution >= 0.6 is 0 Å². The Hall–Kier alpha value is -3.22. The Kier molecular flexibility index (Phi) is 5.29. The first kappa shape index (κ1) is 19.1. The summed E-state index contributed by atoms with van der Waals surface area (Å²) < 4.78 is 0. The Balaban J connectivity index is 1.43. The topological polar surface area (TPSA) is 92.4 Å². The lowest BCUT2D eigenvalue weighted by Crippen LogP contribution is -2.49. The number of nitrogen functional groups attached to an aromatic ring is 1. The molecule has 0 atom stereocenters. The Morgan fingerprint density at radius 1 is 1.07 bits per heavy atom. The maximum atomic E-state index is 12.9. The van der Waals surface area contributed by atoms with Gasteiger partial charge in [0.1, 0.15) is 5.82 Å². The zero-order valence-corrected chi connectivity index (χ0v) is 16.6. The molecule has 0 unspecified atom stereocenters. The van der Waals surface area contributed by atoms with Crippen molar-refractivity contribution in [3.05, 3.63) is 53.2 Å². The van der Waals surface area contributed by atoms with Crippen LogP contribution in [0.1, 0.15) is 30.5 Å². The summed E-state index contributed by atoms with van der Waals surface area (Å²) in [4.78, 5) is 37.7. The summed E-state index contributed by atoms with van der Waals surface area (Å²) in [6.07, 6.45) is 1.39. The molecule has 2 heterocycles. The Morgan fingerprint density at radius 2 is 1.79 bits per heavy atom. The van der Waals surface area contributed by atoms with Gasteiger partial charge in [-0.25, -0.2) is 4.98 Å². The molecule has 1 aromatic carbocycles. The molecule has 0 bridgehead atoms. The van der Waals surface area contributed by atoms with Gasteiger partial charge in [-0.1, -0.05) is 30.3 Å². The normalized spacial score (nSPS) is 17.2. The molecule has 7 nitrogen and oxygen atoms in total. The van der Waals surface area contributed by atoms with E-state index in [1.165, 1.54) is 0 Å². The highest BCUT2D eigenvalue weighted by Gasteiger charge is 2.29. The summed E-state index contributed by atoms with van der Waals surface area (Å²) in [5.74, 6) is 1.17. The van der Waals surface area contributed by atoms with Crippen LogP contribution in [-0.4, -0.2) is 52.7 Å². The van der Waals surface area contributed by atoms with Gasteiger partial charge in [0, 0.05) is 49.9 Å². The molecule has 2 N–H and O–H groups in total. The lowest BCUT2D eigenvalue weighted by atomic mass is 9.99. The van der Waals surface area contributed by atoms with Crippen molar-refractivity contribution >= 4 is 29.0 Å². The van der Waals surface area contributed by atoms with Gasteiger partial charge in [-0.2, -0.15) is 4.98 Å². The number of carbonyl (C=O) groups is 2. The minimum Gasteiger partial charge on any atom is -0.368 e. The zero-order chi connectivity index (χ0) is 20.4. The van der Waals surface area contributed by atoms with E-state index < -0.39 is 0 Å². The monoisotopic (exact) mass is 391 g/mol. The van der Waals surface area contributed by atoms with Crippen molar-refractivity contribution in [2.75, 3.05) is 36.8 Å². The fourth-order valence-corrected chi connectivity index (χ4v) is 4.06. The summed E-state index contributed by atoms with van der Waals surface area (Å²) in [6.45, 7) is 4.45. The molecule has 1 aromatic heterocycles. The second kappa shape index (κ2) is 8.03. The van der Waals surface area contributed by atoms with Crippen LogP contribution < -0.4 is 10.6 Å². The molecular weight excluding hydrogens is 366 g/mol. The van der Waals surface area contributed by atoms with E-state index in [0.717, 1.165) is 22.6 Å². The van der Waals surface area contributed by atoms with Gasteiger partial charge in [-0.3, -0.25) is 9.59 Å². The van der Waals surface area contributed by atoms with Crippen LogP contribution in [0.15, 0.2) is 42.0 Å². The van der Waals surface area contributed by atoms with Crippen LogP contribution in [0.3, 0.4) is 0 Å². The molecule has 0 saturated carbocycles. The molecule has 0 spiro atoms. The molecular formula is C22H25N5O2. The van der Waals surface area contributed by atoms with Gasteiger partial charge in [0.15, 0.2) is 5.78 Å². The van der Waals surface area contributed by atoms with Crippen LogP contribution in [0.2, 0.25) is 0 Å². The van der Waals surface area contributed by atoms with E-state index in [-0.39, 0.29) is 24.1 Å². The van der Waals surface area contributed by atoms with Crippen LogP contribution in [0.5, 0.6) is 0 Å². The van der Waals surface area contributed by atoms with E-state index in [4.69, 9.17) is 5.73 Å². The van der Waals surface area contributed by atoms with E-state index in [1.807, 2.05) is 48.2 Å². The second-order valence-corrected chi connectivity index (χ2v) is 7.52. The summed E-state index contributed by atoms with van der Waals surface area (Å²) in [7, 11) is 0. The number of aryl methyl sites for hydroxylation is 1. The first-order chi connectivity index (χ1) is 14.0. The van der Waals surface area contributed by atoms with Gasteiger partial charge in [0.2, 0.25) is 11.9 Å². The van der Waals surface area contributed by atoms with Crippen LogP contribution in [-0.2, 0) is 9.59 Å². The summed E-state index contributed by atoms with van der Waals surface area (Å²) >= 11 is 0. The summed E-state index contributed by atoms with van der Waals surface area (Å²) in [6, 6.07) is 11.8. The van der Waals surface area contributed by atoms with Gasteiger partial charge in [-0.05, 0) is 24.5 Å². The maximum absolute atomic E-state index is 12.9. The number of nitrogens with zero attached hydrogens (tertiary/aromatic N) is 4.